The standard InChI is InChI=1S/C10H8N4OS3/c1-6(18-10-14-11-5-17-10)8-12-13-9(15-8)7-3-2-4-16-7/h2-6H,1H3. The molecule has 3 rings (SSSR count). The number of hydrogen-bond acceptors (Lipinski definition) is 8. The summed E-state index contributed by atoms with van der Waals surface area (Å²) in [6.45, 7) is 2.01. The van der Waals surface area contributed by atoms with Crippen molar-refractivity contribution in [3.05, 3.63) is 28.9 Å². The average molecular weight is 296 g/mol. The van der Waals surface area contributed by atoms with Crippen molar-refractivity contribution in [3.8, 4) is 10.8 Å². The lowest BCUT2D eigenvalue weighted by Crippen LogP contribution is -1.88. The summed E-state index contributed by atoms with van der Waals surface area (Å²) in [5.41, 5.74) is 1.71. The van der Waals surface area contributed by atoms with Gasteiger partial charge in [-0.05, 0) is 18.4 Å². The molecule has 0 saturated heterocycles. The molecule has 18 heavy (non-hydrogen) atoms. The SMILES string of the molecule is CC(Sc1nncs1)c1nnc(-c2cccs2)o1. The van der Waals surface area contributed by atoms with Gasteiger partial charge in [0.25, 0.3) is 5.89 Å². The number of hydrogen-bond donors (Lipinski definition) is 0. The van der Waals surface area contributed by atoms with Crippen molar-refractivity contribution in [2.45, 2.75) is 16.5 Å². The highest BCUT2D eigenvalue weighted by atomic mass is 32.2. The summed E-state index contributed by atoms with van der Waals surface area (Å²) < 4.78 is 6.56. The minimum Gasteiger partial charge on any atom is -0.419 e. The normalized spacial score (nSPS) is 12.7. The summed E-state index contributed by atoms with van der Waals surface area (Å²) >= 11 is 4.65. The van der Waals surface area contributed by atoms with Gasteiger partial charge in [0.2, 0.25) is 5.89 Å². The average Bonchev–Trinajstić information content (AvgIpc) is 3.11. The molecule has 3 heterocycles. The number of rotatable bonds is 4. The van der Waals surface area contributed by atoms with E-state index >= 15 is 0 Å². The van der Waals surface area contributed by atoms with Crippen LogP contribution >= 0.6 is 34.4 Å². The van der Waals surface area contributed by atoms with Crippen LogP contribution in [0, 0.1) is 0 Å². The Kier molecular flexibility index (Phi) is 3.39. The van der Waals surface area contributed by atoms with Crippen LogP contribution in [0.15, 0.2) is 31.8 Å². The third-order valence-corrected chi connectivity index (χ3v) is 4.89. The van der Waals surface area contributed by atoms with Crippen molar-refractivity contribution in [3.63, 3.8) is 0 Å². The van der Waals surface area contributed by atoms with Crippen LogP contribution in [0.3, 0.4) is 0 Å². The zero-order valence-corrected chi connectivity index (χ0v) is 11.8. The van der Waals surface area contributed by atoms with Crippen molar-refractivity contribution in [1.29, 1.82) is 0 Å². The molecule has 0 aliphatic carbocycles. The van der Waals surface area contributed by atoms with Gasteiger partial charge in [0.05, 0.1) is 10.1 Å². The van der Waals surface area contributed by atoms with Crippen LogP contribution in [0.25, 0.3) is 10.8 Å². The first-order valence-corrected chi connectivity index (χ1v) is 7.77. The Morgan fingerprint density at radius 1 is 1.28 bits per heavy atom. The van der Waals surface area contributed by atoms with Crippen molar-refractivity contribution < 1.29 is 4.42 Å². The van der Waals surface area contributed by atoms with Gasteiger partial charge in [0, 0.05) is 0 Å². The Hall–Kier alpha value is -1.25. The lowest BCUT2D eigenvalue weighted by molar-refractivity contribution is 0.510. The predicted molar refractivity (Wildman–Crippen MR) is 71.8 cm³/mol. The van der Waals surface area contributed by atoms with Crippen LogP contribution < -0.4 is 0 Å². The van der Waals surface area contributed by atoms with Crippen molar-refractivity contribution in [2.24, 2.45) is 0 Å². The Balaban J connectivity index is 1.77. The van der Waals surface area contributed by atoms with Gasteiger partial charge >= 0.3 is 0 Å². The first kappa shape index (κ1) is 11.8. The molecule has 0 aromatic carbocycles. The Morgan fingerprint density at radius 2 is 2.22 bits per heavy atom. The molecule has 0 spiro atoms. The molecule has 0 aliphatic heterocycles. The second-order valence-electron chi connectivity index (χ2n) is 3.39. The molecule has 3 aromatic rings. The van der Waals surface area contributed by atoms with Crippen LogP contribution in [0.4, 0.5) is 0 Å². The van der Waals surface area contributed by atoms with E-state index in [0.717, 1.165) is 9.22 Å². The second-order valence-corrected chi connectivity index (χ2v) is 6.76. The molecular formula is C10H8N4OS3. The van der Waals surface area contributed by atoms with Crippen LogP contribution in [-0.4, -0.2) is 20.4 Å². The minimum atomic E-state index is 0.0687. The summed E-state index contributed by atoms with van der Waals surface area (Å²) in [4.78, 5) is 0.988. The van der Waals surface area contributed by atoms with Crippen LogP contribution in [0.5, 0.6) is 0 Å². The third kappa shape index (κ3) is 2.45. The fraction of sp³-hybridized carbons (Fsp3) is 0.200. The fourth-order valence-corrected chi connectivity index (χ4v) is 3.61. The summed E-state index contributed by atoms with van der Waals surface area (Å²) in [5, 5.41) is 18.0. The molecule has 3 aromatic heterocycles. The molecule has 0 radical (unpaired) electrons. The van der Waals surface area contributed by atoms with Gasteiger partial charge in [0.1, 0.15) is 5.51 Å². The Bertz CT molecular complexity index is 605. The first-order valence-electron chi connectivity index (χ1n) is 5.13. The summed E-state index contributed by atoms with van der Waals surface area (Å²) in [7, 11) is 0. The highest BCUT2D eigenvalue weighted by Crippen LogP contribution is 2.35. The van der Waals surface area contributed by atoms with Gasteiger partial charge in [-0.15, -0.1) is 31.7 Å². The van der Waals surface area contributed by atoms with E-state index in [9.17, 15) is 0 Å². The minimum absolute atomic E-state index is 0.0687. The van der Waals surface area contributed by atoms with E-state index in [2.05, 4.69) is 20.4 Å². The van der Waals surface area contributed by atoms with Gasteiger partial charge in [-0.25, -0.2) is 0 Å². The van der Waals surface area contributed by atoms with E-state index in [1.165, 1.54) is 11.3 Å². The van der Waals surface area contributed by atoms with Crippen molar-refractivity contribution in [1.82, 2.24) is 20.4 Å². The molecule has 1 atom stereocenters. The van der Waals surface area contributed by atoms with E-state index in [4.69, 9.17) is 4.42 Å². The monoisotopic (exact) mass is 296 g/mol. The Morgan fingerprint density at radius 3 is 2.94 bits per heavy atom. The summed E-state index contributed by atoms with van der Waals surface area (Å²) in [5.74, 6) is 1.18. The molecular weight excluding hydrogens is 288 g/mol. The molecule has 5 nitrogen and oxygen atoms in total. The largest absolute Gasteiger partial charge is 0.419 e. The molecule has 8 heteroatoms. The Labute approximate surface area is 115 Å². The molecule has 0 aliphatic rings. The maximum absolute atomic E-state index is 5.66. The lowest BCUT2D eigenvalue weighted by atomic mass is 10.5. The molecule has 0 saturated carbocycles. The van der Waals surface area contributed by atoms with Crippen LogP contribution in [0.1, 0.15) is 18.1 Å². The molecule has 92 valence electrons. The smallest absolute Gasteiger partial charge is 0.257 e. The number of aromatic nitrogens is 4. The molecule has 0 N–H and O–H groups in total. The van der Waals surface area contributed by atoms with Gasteiger partial charge < -0.3 is 4.42 Å². The number of thiophene rings is 1. The number of nitrogens with zero attached hydrogens (tertiary/aromatic N) is 4. The lowest BCUT2D eigenvalue weighted by Gasteiger charge is -2.01. The third-order valence-electron chi connectivity index (χ3n) is 2.14. The van der Waals surface area contributed by atoms with Crippen LogP contribution in [-0.2, 0) is 0 Å². The molecule has 0 fully saturated rings. The zero-order valence-electron chi connectivity index (χ0n) is 9.31. The van der Waals surface area contributed by atoms with E-state index in [1.54, 1.807) is 28.6 Å². The molecule has 0 amide bonds. The quantitative estimate of drug-likeness (QED) is 0.686. The second kappa shape index (κ2) is 5.17. The van der Waals surface area contributed by atoms with Gasteiger partial charge in [0.15, 0.2) is 4.34 Å². The van der Waals surface area contributed by atoms with Crippen molar-refractivity contribution >= 4 is 34.4 Å². The van der Waals surface area contributed by atoms with Gasteiger partial charge in [-0.2, -0.15) is 0 Å². The maximum Gasteiger partial charge on any atom is 0.257 e. The van der Waals surface area contributed by atoms with Gasteiger partial charge in [-0.1, -0.05) is 29.2 Å². The highest BCUT2D eigenvalue weighted by Gasteiger charge is 2.17. The van der Waals surface area contributed by atoms with Gasteiger partial charge in [-0.3, -0.25) is 0 Å². The van der Waals surface area contributed by atoms with Crippen LogP contribution in [0.2, 0.25) is 0 Å². The number of thioether (sulfide) groups is 1. The molecule has 1 unspecified atom stereocenters. The van der Waals surface area contributed by atoms with E-state index in [0.29, 0.717) is 11.8 Å². The molecule has 0 bridgehead atoms. The summed E-state index contributed by atoms with van der Waals surface area (Å²) in [6.07, 6.45) is 0. The van der Waals surface area contributed by atoms with E-state index < -0.39 is 0 Å². The maximum atomic E-state index is 5.66. The predicted octanol–water partition coefficient (Wildman–Crippen LogP) is 3.50. The highest BCUT2D eigenvalue weighted by molar-refractivity contribution is 8.01. The summed E-state index contributed by atoms with van der Waals surface area (Å²) in [6, 6.07) is 3.92. The fourth-order valence-electron chi connectivity index (χ4n) is 1.31. The van der Waals surface area contributed by atoms with E-state index in [1.807, 2.05) is 24.4 Å². The first-order chi connectivity index (χ1) is 8.83. The van der Waals surface area contributed by atoms with E-state index in [-0.39, 0.29) is 5.25 Å². The zero-order chi connectivity index (χ0) is 12.4. The topological polar surface area (TPSA) is 64.7 Å². The van der Waals surface area contributed by atoms with Crippen molar-refractivity contribution in [2.75, 3.05) is 0 Å².